The molecule has 0 aliphatic carbocycles. The highest BCUT2D eigenvalue weighted by molar-refractivity contribution is 4.85. The van der Waals surface area contributed by atoms with Crippen LogP contribution in [0.2, 0.25) is 0 Å². The van der Waals surface area contributed by atoms with Gasteiger partial charge in [0.05, 0.1) is 118 Å². The Hall–Kier alpha value is -0.440. The second-order valence-electron chi connectivity index (χ2n) is 14.6. The lowest BCUT2D eigenvalue weighted by molar-refractivity contribution is -0.172. The van der Waals surface area contributed by atoms with Gasteiger partial charge >= 0.3 is 0 Å². The molecule has 0 amide bonds. The number of ether oxygens (including phenoxy) is 11. The smallest absolute Gasteiger partial charge is 0.0780 e. The van der Waals surface area contributed by atoms with Crippen molar-refractivity contribution in [3.63, 3.8) is 0 Å². The Morgan fingerprint density at radius 3 is 1.42 bits per heavy atom. The second-order valence-corrected chi connectivity index (χ2v) is 14.6. The van der Waals surface area contributed by atoms with Gasteiger partial charge in [-0.2, -0.15) is 0 Å². The second kappa shape index (κ2) is 24.7. The van der Waals surface area contributed by atoms with E-state index in [1.807, 2.05) is 6.92 Å². The quantitative estimate of drug-likeness (QED) is 0.112. The number of hydrogen-bond donors (Lipinski definition) is 0. The van der Waals surface area contributed by atoms with E-state index in [0.717, 1.165) is 131 Å². The van der Waals surface area contributed by atoms with E-state index < -0.39 is 0 Å². The van der Waals surface area contributed by atoms with Gasteiger partial charge in [-0.05, 0) is 46.0 Å². The third-order valence-electron chi connectivity index (χ3n) is 9.73. The van der Waals surface area contributed by atoms with Crippen LogP contribution in [0, 0.1) is 21.7 Å². The summed E-state index contributed by atoms with van der Waals surface area (Å²) in [5.74, 6) is 0. The molecule has 48 heavy (non-hydrogen) atoms. The van der Waals surface area contributed by atoms with Crippen LogP contribution in [-0.4, -0.2) is 145 Å². The Labute approximate surface area is 292 Å². The van der Waals surface area contributed by atoms with Crippen LogP contribution in [0.5, 0.6) is 0 Å². The minimum Gasteiger partial charge on any atom is -0.382 e. The van der Waals surface area contributed by atoms with E-state index in [-0.39, 0.29) is 16.9 Å². The lowest BCUT2D eigenvalue weighted by Gasteiger charge is -2.41. The van der Waals surface area contributed by atoms with Gasteiger partial charge in [0.15, 0.2) is 0 Å². The number of unbranched alkanes of at least 4 members (excludes halogenated alkanes) is 1. The van der Waals surface area contributed by atoms with E-state index in [1.165, 1.54) is 0 Å². The number of rotatable bonds is 26. The van der Waals surface area contributed by atoms with Gasteiger partial charge in [0, 0.05) is 48.6 Å². The van der Waals surface area contributed by atoms with E-state index in [1.54, 1.807) is 7.11 Å². The molecule has 0 N–H and O–H groups in total. The predicted octanol–water partition coefficient (Wildman–Crippen LogP) is 5.21. The molecule has 11 heteroatoms. The van der Waals surface area contributed by atoms with Crippen LogP contribution in [0.25, 0.3) is 0 Å². The van der Waals surface area contributed by atoms with Gasteiger partial charge in [0.1, 0.15) is 0 Å². The van der Waals surface area contributed by atoms with Crippen LogP contribution in [0.3, 0.4) is 0 Å². The minimum absolute atomic E-state index is 0.151. The summed E-state index contributed by atoms with van der Waals surface area (Å²) in [6.07, 6.45) is 5.68. The molecule has 4 fully saturated rings. The number of hydrogen-bond acceptors (Lipinski definition) is 11. The first kappa shape index (κ1) is 43.7. The summed E-state index contributed by atoms with van der Waals surface area (Å²) >= 11 is 0. The lowest BCUT2D eigenvalue weighted by Crippen LogP contribution is -2.47. The zero-order valence-corrected chi connectivity index (χ0v) is 31.7. The van der Waals surface area contributed by atoms with E-state index >= 15 is 0 Å². The molecule has 0 saturated carbocycles. The molecule has 0 spiro atoms. The molecule has 4 heterocycles. The Balaban J connectivity index is 0.000000254. The monoisotopic (exact) mass is 693 g/mol. The number of methoxy groups -OCH3 is 1. The van der Waals surface area contributed by atoms with E-state index in [9.17, 15) is 0 Å². The third-order valence-corrected chi connectivity index (χ3v) is 9.73. The first-order valence-corrected chi connectivity index (χ1v) is 18.5. The average Bonchev–Trinajstić information content (AvgIpc) is 3.02. The van der Waals surface area contributed by atoms with Gasteiger partial charge in [-0.1, -0.05) is 27.7 Å². The first-order valence-electron chi connectivity index (χ1n) is 18.5. The molecule has 0 aromatic carbocycles. The topological polar surface area (TPSA) is 102 Å². The maximum atomic E-state index is 5.87. The zero-order chi connectivity index (χ0) is 35.0. The van der Waals surface area contributed by atoms with Crippen LogP contribution in [0.4, 0.5) is 0 Å². The molecule has 0 aromatic heterocycles. The molecule has 0 bridgehead atoms. The van der Waals surface area contributed by atoms with Crippen molar-refractivity contribution in [1.82, 2.24) is 0 Å². The van der Waals surface area contributed by atoms with Gasteiger partial charge in [-0.15, -0.1) is 0 Å². The normalized spacial score (nSPS) is 21.6. The summed E-state index contributed by atoms with van der Waals surface area (Å²) in [6, 6.07) is 0. The highest BCUT2D eigenvalue weighted by atomic mass is 16.6. The van der Waals surface area contributed by atoms with Crippen LogP contribution in [0.1, 0.15) is 73.6 Å². The van der Waals surface area contributed by atoms with Crippen molar-refractivity contribution in [2.24, 2.45) is 21.7 Å². The highest BCUT2D eigenvalue weighted by Crippen LogP contribution is 2.33. The van der Waals surface area contributed by atoms with E-state index in [2.05, 4.69) is 34.6 Å². The molecular formula is C37H72O11. The Kier molecular flexibility index (Phi) is 22.5. The fourth-order valence-electron chi connectivity index (χ4n) is 5.21. The lowest BCUT2D eigenvalue weighted by atomic mass is 9.84. The molecule has 4 aliphatic rings. The Morgan fingerprint density at radius 1 is 0.521 bits per heavy atom. The Morgan fingerprint density at radius 2 is 0.979 bits per heavy atom. The molecule has 0 aromatic rings. The highest BCUT2D eigenvalue weighted by Gasteiger charge is 2.39. The van der Waals surface area contributed by atoms with Crippen LogP contribution in [-0.2, 0) is 52.1 Å². The van der Waals surface area contributed by atoms with Crippen molar-refractivity contribution < 1.29 is 52.1 Å². The Bertz CT molecular complexity index is 750. The average molecular weight is 693 g/mol. The summed E-state index contributed by atoms with van der Waals surface area (Å²) in [4.78, 5) is 0. The molecule has 4 saturated heterocycles. The van der Waals surface area contributed by atoms with Gasteiger partial charge in [-0.3, -0.25) is 0 Å². The summed E-state index contributed by atoms with van der Waals surface area (Å²) in [7, 11) is 1.69. The maximum absolute atomic E-state index is 5.87. The van der Waals surface area contributed by atoms with Crippen molar-refractivity contribution in [2.75, 3.05) is 139 Å². The van der Waals surface area contributed by atoms with Gasteiger partial charge < -0.3 is 52.1 Å². The van der Waals surface area contributed by atoms with Crippen LogP contribution in [0.15, 0.2) is 0 Å². The summed E-state index contributed by atoms with van der Waals surface area (Å²) in [6.45, 7) is 28.7. The molecule has 286 valence electrons. The summed E-state index contributed by atoms with van der Waals surface area (Å²) < 4.78 is 59.2. The maximum Gasteiger partial charge on any atom is 0.0780 e. The molecule has 4 aliphatic heterocycles. The fourth-order valence-corrected chi connectivity index (χ4v) is 5.21. The minimum atomic E-state index is 0.151. The molecule has 4 rings (SSSR count). The van der Waals surface area contributed by atoms with Crippen LogP contribution < -0.4 is 0 Å². The molecular weight excluding hydrogens is 620 g/mol. The van der Waals surface area contributed by atoms with Gasteiger partial charge in [-0.25, -0.2) is 0 Å². The van der Waals surface area contributed by atoms with Gasteiger partial charge in [0.25, 0.3) is 0 Å². The summed E-state index contributed by atoms with van der Waals surface area (Å²) in [5.41, 5.74) is 1.12. The molecule has 1 unspecified atom stereocenters. The van der Waals surface area contributed by atoms with Crippen molar-refractivity contribution in [3.8, 4) is 0 Å². The first-order chi connectivity index (χ1) is 23.2. The van der Waals surface area contributed by atoms with Crippen molar-refractivity contribution >= 4 is 0 Å². The van der Waals surface area contributed by atoms with Crippen molar-refractivity contribution in [1.29, 1.82) is 0 Å². The van der Waals surface area contributed by atoms with E-state index in [0.29, 0.717) is 43.9 Å². The zero-order valence-electron chi connectivity index (χ0n) is 31.7. The molecule has 11 nitrogen and oxygen atoms in total. The standard InChI is InChI=1S/C14H26O4.C13H26O4.C10H20O3/c1-4-14(9-17-10-14)11-18-12(2)5-15-6-13(3)7-16-8-13;1-3-13(11-17-12-13)10-16-7-5-4-6-15-9-8-14-2;1-3-10(8-13-9-10)7-12-6-5-11-4-2/h12H,4-11H2,1-3H3;3-12H2,1-2H3;3-9H2,1-2H3. The predicted molar refractivity (Wildman–Crippen MR) is 186 cm³/mol. The molecule has 0 radical (unpaired) electrons. The largest absolute Gasteiger partial charge is 0.382 e. The van der Waals surface area contributed by atoms with Crippen LogP contribution >= 0.6 is 0 Å². The third kappa shape index (κ3) is 16.7. The molecule has 1 atom stereocenters. The van der Waals surface area contributed by atoms with Crippen molar-refractivity contribution in [3.05, 3.63) is 0 Å². The van der Waals surface area contributed by atoms with Gasteiger partial charge in [0.2, 0.25) is 0 Å². The van der Waals surface area contributed by atoms with E-state index in [4.69, 9.17) is 52.1 Å². The SMILES string of the molecule is CCC1(COC(C)COCC2(C)COC2)COC1.CCC1(COCCCCOCCOC)COC1.CCOCCOCC1(CC)COC1. The summed E-state index contributed by atoms with van der Waals surface area (Å²) in [5, 5.41) is 0. The fraction of sp³-hybridized carbons (Fsp3) is 1.00. The van der Waals surface area contributed by atoms with Crippen molar-refractivity contribution in [2.45, 2.75) is 79.8 Å².